The van der Waals surface area contributed by atoms with Crippen LogP contribution in [0.2, 0.25) is 5.02 Å². The highest BCUT2D eigenvalue weighted by molar-refractivity contribution is 9.10. The van der Waals surface area contributed by atoms with Gasteiger partial charge in [0.05, 0.1) is 11.7 Å². The van der Waals surface area contributed by atoms with Crippen molar-refractivity contribution in [3.63, 3.8) is 0 Å². The Labute approximate surface area is 95.0 Å². The second kappa shape index (κ2) is 4.29. The Kier molecular flexibility index (Phi) is 3.53. The van der Waals surface area contributed by atoms with Gasteiger partial charge in [-0.1, -0.05) is 11.6 Å². The second-order valence-corrected chi connectivity index (χ2v) is 4.16. The van der Waals surface area contributed by atoms with Gasteiger partial charge in [0.2, 0.25) is 5.91 Å². The molecule has 0 aliphatic rings. The van der Waals surface area contributed by atoms with Gasteiger partial charge in [-0.2, -0.15) is 0 Å². The molecule has 0 saturated heterocycles. The number of halogens is 2. The SMILES string of the molecule is CC(O)c1cc(C(N)=O)c(Br)cc1Cl. The maximum atomic E-state index is 11.0. The minimum absolute atomic E-state index is 0.310. The summed E-state index contributed by atoms with van der Waals surface area (Å²) in [5.74, 6) is -0.560. The molecular weight excluding hydrogens is 269 g/mol. The van der Waals surface area contributed by atoms with Crippen molar-refractivity contribution in [1.82, 2.24) is 0 Å². The first kappa shape index (κ1) is 11.5. The molecule has 0 spiro atoms. The van der Waals surface area contributed by atoms with Gasteiger partial charge in [0, 0.05) is 9.50 Å². The molecule has 14 heavy (non-hydrogen) atoms. The molecule has 0 saturated carbocycles. The summed E-state index contributed by atoms with van der Waals surface area (Å²) in [6, 6.07) is 3.03. The number of carbonyl (C=O) groups is 1. The van der Waals surface area contributed by atoms with Gasteiger partial charge in [0.15, 0.2) is 0 Å². The molecule has 3 nitrogen and oxygen atoms in total. The fourth-order valence-electron chi connectivity index (χ4n) is 1.07. The maximum absolute atomic E-state index is 11.0. The predicted octanol–water partition coefficient (Wildman–Crippen LogP) is 2.25. The van der Waals surface area contributed by atoms with Gasteiger partial charge in [-0.25, -0.2) is 0 Å². The molecule has 1 aromatic carbocycles. The van der Waals surface area contributed by atoms with E-state index < -0.39 is 12.0 Å². The smallest absolute Gasteiger partial charge is 0.249 e. The molecule has 1 aromatic rings. The summed E-state index contributed by atoms with van der Waals surface area (Å²) < 4.78 is 0.527. The lowest BCUT2D eigenvalue weighted by molar-refractivity contribution is 0.0999. The third-order valence-corrected chi connectivity index (χ3v) is 2.79. The first-order valence-electron chi connectivity index (χ1n) is 3.90. The molecule has 1 unspecified atom stereocenters. The van der Waals surface area contributed by atoms with Gasteiger partial charge >= 0.3 is 0 Å². The Bertz CT molecular complexity index is 379. The molecule has 1 rings (SSSR count). The molecule has 3 N–H and O–H groups in total. The van der Waals surface area contributed by atoms with Crippen molar-refractivity contribution in [3.8, 4) is 0 Å². The van der Waals surface area contributed by atoms with Crippen LogP contribution in [0.1, 0.15) is 28.9 Å². The minimum Gasteiger partial charge on any atom is -0.389 e. The van der Waals surface area contributed by atoms with Crippen LogP contribution in [0.3, 0.4) is 0 Å². The number of amides is 1. The zero-order valence-electron chi connectivity index (χ0n) is 7.42. The third-order valence-electron chi connectivity index (χ3n) is 1.80. The number of rotatable bonds is 2. The summed E-state index contributed by atoms with van der Waals surface area (Å²) >= 11 is 9.02. The third kappa shape index (κ3) is 2.26. The Morgan fingerprint density at radius 1 is 1.64 bits per heavy atom. The standard InChI is InChI=1S/C9H9BrClNO2/c1-4(13)5-2-6(9(12)14)7(10)3-8(5)11/h2-4,13H,1H3,(H2,12,14). The summed E-state index contributed by atoms with van der Waals surface area (Å²) in [7, 11) is 0. The summed E-state index contributed by atoms with van der Waals surface area (Å²) in [5, 5.41) is 9.75. The fourth-order valence-corrected chi connectivity index (χ4v) is 2.07. The van der Waals surface area contributed by atoms with E-state index in [1.807, 2.05) is 0 Å². The number of aliphatic hydroxyl groups excluding tert-OH is 1. The van der Waals surface area contributed by atoms with Gasteiger partial charge in [0.25, 0.3) is 0 Å². The predicted molar refractivity (Wildman–Crippen MR) is 58.3 cm³/mol. The van der Waals surface area contributed by atoms with Crippen molar-refractivity contribution in [2.24, 2.45) is 5.73 Å². The number of nitrogens with two attached hydrogens (primary N) is 1. The lowest BCUT2D eigenvalue weighted by Gasteiger charge is -2.10. The molecule has 0 aliphatic heterocycles. The molecular formula is C9H9BrClNO2. The van der Waals surface area contributed by atoms with Crippen LogP contribution in [0.4, 0.5) is 0 Å². The van der Waals surface area contributed by atoms with Crippen LogP contribution in [-0.4, -0.2) is 11.0 Å². The molecule has 0 aliphatic carbocycles. The molecule has 76 valence electrons. The number of hydrogen-bond donors (Lipinski definition) is 2. The summed E-state index contributed by atoms with van der Waals surface area (Å²) in [6.07, 6.45) is -0.728. The van der Waals surface area contributed by atoms with E-state index >= 15 is 0 Å². The molecule has 0 aromatic heterocycles. The van der Waals surface area contributed by atoms with Gasteiger partial charge in [-0.05, 0) is 40.5 Å². The van der Waals surface area contributed by atoms with E-state index in [0.717, 1.165) is 0 Å². The molecule has 0 fully saturated rings. The Balaban J connectivity index is 3.34. The highest BCUT2D eigenvalue weighted by Gasteiger charge is 2.13. The van der Waals surface area contributed by atoms with E-state index in [9.17, 15) is 9.90 Å². The lowest BCUT2D eigenvalue weighted by Crippen LogP contribution is -2.12. The Morgan fingerprint density at radius 3 is 2.64 bits per heavy atom. The molecule has 0 radical (unpaired) electrons. The number of primary amides is 1. The topological polar surface area (TPSA) is 63.3 Å². The summed E-state index contributed by atoms with van der Waals surface area (Å²) in [5.41, 5.74) is 5.94. The first-order valence-corrected chi connectivity index (χ1v) is 5.07. The van der Waals surface area contributed by atoms with E-state index in [1.54, 1.807) is 13.0 Å². The van der Waals surface area contributed by atoms with E-state index in [0.29, 0.717) is 20.6 Å². The number of benzene rings is 1. The van der Waals surface area contributed by atoms with Crippen LogP contribution in [0, 0.1) is 0 Å². The van der Waals surface area contributed by atoms with Crippen LogP contribution in [-0.2, 0) is 0 Å². The Hall–Kier alpha value is -0.580. The van der Waals surface area contributed by atoms with Crippen molar-refractivity contribution in [3.05, 3.63) is 32.8 Å². The molecule has 0 heterocycles. The maximum Gasteiger partial charge on any atom is 0.249 e. The van der Waals surface area contributed by atoms with Crippen molar-refractivity contribution < 1.29 is 9.90 Å². The average molecular weight is 279 g/mol. The van der Waals surface area contributed by atoms with E-state index in [4.69, 9.17) is 17.3 Å². The quantitative estimate of drug-likeness (QED) is 0.871. The molecule has 5 heteroatoms. The number of hydrogen-bond acceptors (Lipinski definition) is 2. The van der Waals surface area contributed by atoms with Gasteiger partial charge in [-0.15, -0.1) is 0 Å². The second-order valence-electron chi connectivity index (χ2n) is 2.89. The number of carbonyl (C=O) groups excluding carboxylic acids is 1. The zero-order chi connectivity index (χ0) is 10.9. The average Bonchev–Trinajstić information content (AvgIpc) is 2.02. The van der Waals surface area contributed by atoms with Crippen LogP contribution in [0.15, 0.2) is 16.6 Å². The van der Waals surface area contributed by atoms with E-state index in [1.165, 1.54) is 6.07 Å². The molecule has 1 atom stereocenters. The number of aliphatic hydroxyl groups is 1. The van der Waals surface area contributed by atoms with Gasteiger partial charge in [-0.3, -0.25) is 4.79 Å². The zero-order valence-corrected chi connectivity index (χ0v) is 9.76. The largest absolute Gasteiger partial charge is 0.389 e. The monoisotopic (exact) mass is 277 g/mol. The Morgan fingerprint density at radius 2 is 2.21 bits per heavy atom. The highest BCUT2D eigenvalue weighted by Crippen LogP contribution is 2.29. The minimum atomic E-state index is -0.728. The van der Waals surface area contributed by atoms with Crippen molar-refractivity contribution in [1.29, 1.82) is 0 Å². The molecule has 1 amide bonds. The van der Waals surface area contributed by atoms with Gasteiger partial charge < -0.3 is 10.8 Å². The highest BCUT2D eigenvalue weighted by atomic mass is 79.9. The normalized spacial score (nSPS) is 12.6. The summed E-state index contributed by atoms with van der Waals surface area (Å²) in [6.45, 7) is 1.57. The van der Waals surface area contributed by atoms with Crippen molar-refractivity contribution in [2.45, 2.75) is 13.0 Å². The summed E-state index contributed by atoms with van der Waals surface area (Å²) in [4.78, 5) is 11.0. The van der Waals surface area contributed by atoms with Crippen LogP contribution in [0.5, 0.6) is 0 Å². The van der Waals surface area contributed by atoms with Crippen LogP contribution in [0.25, 0.3) is 0 Å². The van der Waals surface area contributed by atoms with Gasteiger partial charge in [0.1, 0.15) is 0 Å². The lowest BCUT2D eigenvalue weighted by atomic mass is 10.1. The molecule has 0 bridgehead atoms. The van der Waals surface area contributed by atoms with E-state index in [-0.39, 0.29) is 0 Å². The van der Waals surface area contributed by atoms with Crippen LogP contribution < -0.4 is 5.73 Å². The first-order chi connectivity index (χ1) is 6.43. The van der Waals surface area contributed by atoms with Crippen LogP contribution >= 0.6 is 27.5 Å². The van der Waals surface area contributed by atoms with Crippen molar-refractivity contribution >= 4 is 33.4 Å². The van der Waals surface area contributed by atoms with Crippen molar-refractivity contribution in [2.75, 3.05) is 0 Å². The van der Waals surface area contributed by atoms with E-state index in [2.05, 4.69) is 15.9 Å². The fraction of sp³-hybridized carbons (Fsp3) is 0.222.